The van der Waals surface area contributed by atoms with Crippen LogP contribution in [0.15, 0.2) is 27.1 Å². The second kappa shape index (κ2) is 4.24. The largest absolute Gasteiger partial charge is 0.374 e. The molecule has 0 N–H and O–H groups in total. The van der Waals surface area contributed by atoms with E-state index >= 15 is 0 Å². The van der Waals surface area contributed by atoms with Crippen LogP contribution in [0.3, 0.4) is 0 Å². The second-order valence-corrected chi connectivity index (χ2v) is 3.85. The van der Waals surface area contributed by atoms with E-state index < -0.39 is 0 Å². The highest BCUT2D eigenvalue weighted by Crippen LogP contribution is 2.22. The lowest BCUT2D eigenvalue weighted by Crippen LogP contribution is -1.86. The molecule has 0 unspecified atom stereocenters. The summed E-state index contributed by atoms with van der Waals surface area (Å²) >= 11 is 6.77. The zero-order valence-electron chi connectivity index (χ0n) is 5.81. The van der Waals surface area contributed by atoms with Crippen LogP contribution in [0.2, 0.25) is 0 Å². The fourth-order valence-electron chi connectivity index (χ4n) is 0.749. The summed E-state index contributed by atoms with van der Waals surface area (Å²) < 4.78 is 6.84. The number of halogens is 2. The Bertz CT molecular complexity index is 248. The number of hydrogen-bond donors (Lipinski definition) is 0. The normalized spacial score (nSPS) is 10.1. The van der Waals surface area contributed by atoms with Gasteiger partial charge in [0.15, 0.2) is 0 Å². The quantitative estimate of drug-likeness (QED) is 0.804. The van der Waals surface area contributed by atoms with Crippen LogP contribution in [0.25, 0.3) is 0 Å². The third-order valence-corrected chi connectivity index (χ3v) is 2.50. The van der Waals surface area contributed by atoms with Gasteiger partial charge in [0.25, 0.3) is 0 Å². The molecule has 1 aromatic carbocycles. The maximum absolute atomic E-state index is 4.75. The predicted molar refractivity (Wildman–Crippen MR) is 52.0 cm³/mol. The molecule has 0 spiro atoms. The van der Waals surface area contributed by atoms with Gasteiger partial charge in [-0.05, 0) is 17.7 Å². The molecule has 1 nitrogen and oxygen atoms in total. The molecule has 3 heteroatoms. The van der Waals surface area contributed by atoms with E-state index in [1.807, 2.05) is 18.2 Å². The first-order valence-corrected chi connectivity index (χ1v) is 4.63. The number of rotatable bonds is 2. The Labute approximate surface area is 83.0 Å². The van der Waals surface area contributed by atoms with Crippen LogP contribution in [0.5, 0.6) is 0 Å². The Morgan fingerprint density at radius 3 is 2.64 bits per heavy atom. The van der Waals surface area contributed by atoms with E-state index in [0.717, 1.165) is 14.5 Å². The molecule has 0 aliphatic carbocycles. The van der Waals surface area contributed by atoms with Gasteiger partial charge in [-0.2, -0.15) is 0 Å². The van der Waals surface area contributed by atoms with Crippen molar-refractivity contribution < 1.29 is 4.74 Å². The molecule has 11 heavy (non-hydrogen) atoms. The zero-order chi connectivity index (χ0) is 8.27. The van der Waals surface area contributed by atoms with Crippen LogP contribution in [0.1, 0.15) is 5.56 Å². The predicted octanol–water partition coefficient (Wildman–Crippen LogP) is 3.52. The zero-order valence-corrected chi connectivity index (χ0v) is 8.98. The minimum atomic E-state index is 0.536. The van der Waals surface area contributed by atoms with Crippen molar-refractivity contribution in [1.29, 1.82) is 0 Å². The highest BCUT2D eigenvalue weighted by atomic mass is 79.9. The summed E-state index contributed by atoms with van der Waals surface area (Å²) in [5.41, 5.74) is 1.10. The van der Waals surface area contributed by atoms with Gasteiger partial charge in [-0.25, -0.2) is 0 Å². The molecular formula is C8H7Br2O. The van der Waals surface area contributed by atoms with Crippen LogP contribution in [-0.2, 0) is 11.3 Å². The fraction of sp³-hybridized carbons (Fsp3) is 0.125. The molecule has 1 radical (unpaired) electrons. The van der Waals surface area contributed by atoms with Gasteiger partial charge in [0.05, 0.1) is 13.7 Å². The minimum Gasteiger partial charge on any atom is -0.374 e. The molecule has 0 fully saturated rings. The first-order chi connectivity index (χ1) is 5.24. The summed E-state index contributed by atoms with van der Waals surface area (Å²) in [5.74, 6) is 0. The first-order valence-electron chi connectivity index (χ1n) is 3.05. The second-order valence-electron chi connectivity index (χ2n) is 2.08. The standard InChI is InChI=1S/C8H7Br2O/c1-11-5-6-2-3-7(9)4-8(6)10/h2-4H,1,5H2. The number of benzene rings is 1. The maximum atomic E-state index is 4.75. The molecule has 0 saturated carbocycles. The van der Waals surface area contributed by atoms with Gasteiger partial charge in [0, 0.05) is 8.95 Å². The van der Waals surface area contributed by atoms with Crippen LogP contribution in [0.4, 0.5) is 0 Å². The highest BCUT2D eigenvalue weighted by Gasteiger charge is 1.98. The van der Waals surface area contributed by atoms with E-state index in [-0.39, 0.29) is 0 Å². The van der Waals surface area contributed by atoms with Gasteiger partial charge >= 0.3 is 0 Å². The lowest BCUT2D eigenvalue weighted by atomic mass is 10.2. The Morgan fingerprint density at radius 1 is 1.36 bits per heavy atom. The molecule has 59 valence electrons. The summed E-state index contributed by atoms with van der Waals surface area (Å²) in [4.78, 5) is 0. The van der Waals surface area contributed by atoms with E-state index in [0.29, 0.717) is 6.61 Å². The van der Waals surface area contributed by atoms with Crippen molar-refractivity contribution in [3.05, 3.63) is 39.8 Å². The van der Waals surface area contributed by atoms with Crippen LogP contribution in [-0.4, -0.2) is 0 Å². The van der Waals surface area contributed by atoms with Crippen LogP contribution < -0.4 is 0 Å². The van der Waals surface area contributed by atoms with Gasteiger partial charge in [0.2, 0.25) is 0 Å². The molecule has 1 aromatic rings. The van der Waals surface area contributed by atoms with E-state index in [1.165, 1.54) is 0 Å². The maximum Gasteiger partial charge on any atom is 0.0728 e. The smallest absolute Gasteiger partial charge is 0.0728 e. The van der Waals surface area contributed by atoms with Gasteiger partial charge in [-0.1, -0.05) is 37.9 Å². The minimum absolute atomic E-state index is 0.536. The van der Waals surface area contributed by atoms with Crippen molar-refractivity contribution in [2.24, 2.45) is 0 Å². The topological polar surface area (TPSA) is 9.23 Å². The SMILES string of the molecule is [CH2]OCc1ccc(Br)cc1Br. The van der Waals surface area contributed by atoms with E-state index in [1.54, 1.807) is 0 Å². The number of ether oxygens (including phenoxy) is 1. The highest BCUT2D eigenvalue weighted by molar-refractivity contribution is 9.11. The molecule has 0 heterocycles. The van der Waals surface area contributed by atoms with Crippen LogP contribution in [0, 0.1) is 7.11 Å². The van der Waals surface area contributed by atoms with Crippen molar-refractivity contribution in [2.75, 3.05) is 0 Å². The summed E-state index contributed by atoms with van der Waals surface area (Å²) in [6.45, 7) is 0.536. The Kier molecular flexibility index (Phi) is 3.55. The Hall–Kier alpha value is 0.140. The van der Waals surface area contributed by atoms with E-state index in [4.69, 9.17) is 4.74 Å². The fourth-order valence-corrected chi connectivity index (χ4v) is 1.91. The third-order valence-electron chi connectivity index (χ3n) is 1.27. The van der Waals surface area contributed by atoms with Crippen LogP contribution >= 0.6 is 31.9 Å². The molecule has 0 aliphatic rings. The van der Waals surface area contributed by atoms with E-state index in [2.05, 4.69) is 39.0 Å². The third kappa shape index (κ3) is 2.58. The van der Waals surface area contributed by atoms with Gasteiger partial charge < -0.3 is 4.74 Å². The lowest BCUT2D eigenvalue weighted by molar-refractivity contribution is 0.228. The average Bonchev–Trinajstić information content (AvgIpc) is 1.95. The molecule has 0 atom stereocenters. The molecule has 0 saturated heterocycles. The summed E-state index contributed by atoms with van der Waals surface area (Å²) in [7, 11) is 3.31. The molecule has 0 aromatic heterocycles. The summed E-state index contributed by atoms with van der Waals surface area (Å²) in [6, 6.07) is 5.94. The first kappa shape index (κ1) is 9.23. The molecule has 0 amide bonds. The molecule has 1 rings (SSSR count). The van der Waals surface area contributed by atoms with Gasteiger partial charge in [-0.15, -0.1) is 0 Å². The summed E-state index contributed by atoms with van der Waals surface area (Å²) in [6.07, 6.45) is 0. The van der Waals surface area contributed by atoms with Crippen molar-refractivity contribution in [3.8, 4) is 0 Å². The van der Waals surface area contributed by atoms with Crippen molar-refractivity contribution in [3.63, 3.8) is 0 Å². The monoisotopic (exact) mass is 277 g/mol. The lowest BCUT2D eigenvalue weighted by Gasteiger charge is -2.02. The Morgan fingerprint density at radius 2 is 2.09 bits per heavy atom. The van der Waals surface area contributed by atoms with Crippen molar-refractivity contribution >= 4 is 31.9 Å². The van der Waals surface area contributed by atoms with Gasteiger partial charge in [-0.3, -0.25) is 0 Å². The number of hydrogen-bond acceptors (Lipinski definition) is 1. The van der Waals surface area contributed by atoms with E-state index in [9.17, 15) is 0 Å². The average molecular weight is 279 g/mol. The molecule has 0 bridgehead atoms. The molecular weight excluding hydrogens is 272 g/mol. The Balaban J connectivity index is 2.90. The summed E-state index contributed by atoms with van der Waals surface area (Å²) in [5, 5.41) is 0. The van der Waals surface area contributed by atoms with Gasteiger partial charge in [0.1, 0.15) is 0 Å². The van der Waals surface area contributed by atoms with Crippen molar-refractivity contribution in [2.45, 2.75) is 6.61 Å². The molecule has 0 aliphatic heterocycles. The van der Waals surface area contributed by atoms with Crippen molar-refractivity contribution in [1.82, 2.24) is 0 Å².